The summed E-state index contributed by atoms with van der Waals surface area (Å²) < 4.78 is 14.9. The Kier molecular flexibility index (Phi) is 4.84. The second-order valence-electron chi connectivity index (χ2n) is 1.72. The van der Waals surface area contributed by atoms with E-state index in [1.54, 1.807) is 0 Å². The van der Waals surface area contributed by atoms with Crippen LogP contribution in [0.3, 0.4) is 0 Å². The van der Waals surface area contributed by atoms with Gasteiger partial charge in [0.1, 0.15) is 6.79 Å². The normalized spacial score (nSPS) is 12.0. The molecule has 62 valence electrons. The molecule has 0 saturated carbocycles. The van der Waals surface area contributed by atoms with Crippen LogP contribution in [0.15, 0.2) is 0 Å². The summed E-state index contributed by atoms with van der Waals surface area (Å²) in [6, 6.07) is 0.667. The van der Waals surface area contributed by atoms with E-state index < -0.39 is 8.80 Å². The van der Waals surface area contributed by atoms with E-state index in [9.17, 15) is 0 Å². The van der Waals surface area contributed by atoms with E-state index in [1.807, 2.05) is 6.92 Å². The average molecular weight is 166 g/mol. The van der Waals surface area contributed by atoms with Gasteiger partial charge in [-0.05, 0) is 0 Å². The van der Waals surface area contributed by atoms with E-state index in [0.717, 1.165) is 0 Å². The quantitative estimate of drug-likeness (QED) is 0.468. The fourth-order valence-electron chi connectivity index (χ4n) is 0.690. The van der Waals surface area contributed by atoms with Gasteiger partial charge in [-0.15, -0.1) is 0 Å². The summed E-state index contributed by atoms with van der Waals surface area (Å²) in [5.41, 5.74) is 0. The third-order valence-corrected chi connectivity index (χ3v) is 4.02. The van der Waals surface area contributed by atoms with Gasteiger partial charge >= 0.3 is 8.80 Å². The van der Waals surface area contributed by atoms with Crippen molar-refractivity contribution in [3.05, 3.63) is 0 Å². The third-order valence-electron chi connectivity index (χ3n) is 1.34. The lowest BCUT2D eigenvalue weighted by Gasteiger charge is -2.23. The zero-order valence-corrected chi connectivity index (χ0v) is 7.59. The van der Waals surface area contributed by atoms with Crippen LogP contribution in [0.4, 0.5) is 0 Å². The Morgan fingerprint density at radius 1 is 1.30 bits per heavy atom. The van der Waals surface area contributed by atoms with Gasteiger partial charge in [0.25, 0.3) is 0 Å². The Balaban J connectivity index is 3.87. The maximum absolute atomic E-state index is 8.45. The Morgan fingerprint density at radius 3 is 1.90 bits per heavy atom. The fraction of sp³-hybridized carbons (Fsp3) is 1.00. The maximum atomic E-state index is 8.45. The molecule has 5 heteroatoms. The van der Waals surface area contributed by atoms with E-state index in [-0.39, 0.29) is 6.79 Å². The molecule has 0 aliphatic carbocycles. The third kappa shape index (κ3) is 2.35. The van der Waals surface area contributed by atoms with Gasteiger partial charge in [-0.1, -0.05) is 6.92 Å². The second kappa shape index (κ2) is 4.81. The first-order valence-corrected chi connectivity index (χ1v) is 5.03. The topological polar surface area (TPSA) is 47.9 Å². The van der Waals surface area contributed by atoms with Crippen molar-refractivity contribution in [1.82, 2.24) is 0 Å². The van der Waals surface area contributed by atoms with Crippen LogP contribution in [0.2, 0.25) is 6.04 Å². The molecule has 0 fully saturated rings. The summed E-state index contributed by atoms with van der Waals surface area (Å²) in [4.78, 5) is 0. The van der Waals surface area contributed by atoms with Gasteiger partial charge in [0, 0.05) is 20.3 Å². The Labute approximate surface area is 62.1 Å². The largest absolute Gasteiger partial charge is 0.501 e. The molecule has 4 nitrogen and oxygen atoms in total. The van der Waals surface area contributed by atoms with Crippen LogP contribution in [-0.4, -0.2) is 34.9 Å². The summed E-state index contributed by atoms with van der Waals surface area (Å²) >= 11 is 0. The minimum absolute atomic E-state index is 0.345. The highest BCUT2D eigenvalue weighted by Gasteiger charge is 2.36. The van der Waals surface area contributed by atoms with Crippen LogP contribution in [0, 0.1) is 0 Å². The van der Waals surface area contributed by atoms with E-state index in [1.165, 1.54) is 14.2 Å². The summed E-state index contributed by atoms with van der Waals surface area (Å²) in [5.74, 6) is 0. The van der Waals surface area contributed by atoms with Gasteiger partial charge in [-0.25, -0.2) is 0 Å². The molecular weight excluding hydrogens is 152 g/mol. The Morgan fingerprint density at radius 2 is 1.80 bits per heavy atom. The zero-order valence-electron chi connectivity index (χ0n) is 6.59. The average Bonchev–Trinajstić information content (AvgIpc) is 2.01. The van der Waals surface area contributed by atoms with E-state index in [4.69, 9.17) is 18.4 Å². The molecule has 0 aliphatic rings. The van der Waals surface area contributed by atoms with Crippen LogP contribution < -0.4 is 0 Å². The van der Waals surface area contributed by atoms with Crippen molar-refractivity contribution in [2.24, 2.45) is 0 Å². The molecule has 0 bridgehead atoms. The molecule has 0 heterocycles. The van der Waals surface area contributed by atoms with Crippen LogP contribution in [-0.2, 0) is 13.3 Å². The number of hydrogen-bond donors (Lipinski definition) is 1. The maximum Gasteiger partial charge on any atom is 0.501 e. The van der Waals surface area contributed by atoms with Gasteiger partial charge < -0.3 is 18.4 Å². The van der Waals surface area contributed by atoms with Gasteiger partial charge in [0.15, 0.2) is 0 Å². The molecule has 0 unspecified atom stereocenters. The molecule has 0 saturated heterocycles. The first-order chi connectivity index (χ1) is 4.74. The SMILES string of the molecule is CC[Si](OC)(OC)OCO. The minimum atomic E-state index is -2.47. The molecule has 0 aromatic heterocycles. The molecule has 0 aromatic carbocycles. The highest BCUT2D eigenvalue weighted by molar-refractivity contribution is 6.60. The predicted molar refractivity (Wildman–Crippen MR) is 38.4 cm³/mol. The number of hydrogen-bond acceptors (Lipinski definition) is 4. The molecule has 0 rings (SSSR count). The Bertz CT molecular complexity index is 75.5. The van der Waals surface area contributed by atoms with Gasteiger partial charge in [0.2, 0.25) is 0 Å². The molecule has 10 heavy (non-hydrogen) atoms. The van der Waals surface area contributed by atoms with Crippen molar-refractivity contribution in [1.29, 1.82) is 0 Å². The molecular formula is C5H14O4Si. The molecule has 0 spiro atoms. The van der Waals surface area contributed by atoms with Gasteiger partial charge in [-0.2, -0.15) is 0 Å². The summed E-state index contributed by atoms with van der Waals surface area (Å²) in [6.07, 6.45) is 0. The van der Waals surface area contributed by atoms with Crippen molar-refractivity contribution in [2.75, 3.05) is 21.0 Å². The summed E-state index contributed by atoms with van der Waals surface area (Å²) in [7, 11) is 0.578. The lowest BCUT2D eigenvalue weighted by Crippen LogP contribution is -2.43. The fourth-order valence-corrected chi connectivity index (χ4v) is 2.07. The van der Waals surface area contributed by atoms with Gasteiger partial charge in [-0.3, -0.25) is 0 Å². The molecule has 0 aliphatic heterocycles. The zero-order chi connectivity index (χ0) is 8.04. The standard InChI is InChI=1S/C5H14O4Si/c1-4-10(7-2,8-3)9-5-6/h6H,4-5H2,1-3H3. The lowest BCUT2D eigenvalue weighted by atomic mass is 11.0. The van der Waals surface area contributed by atoms with Crippen molar-refractivity contribution < 1.29 is 18.4 Å². The first kappa shape index (κ1) is 10.1. The van der Waals surface area contributed by atoms with Crippen molar-refractivity contribution >= 4 is 8.80 Å². The van der Waals surface area contributed by atoms with Crippen LogP contribution >= 0.6 is 0 Å². The first-order valence-electron chi connectivity index (χ1n) is 3.09. The molecule has 1 N–H and O–H groups in total. The molecule has 0 aromatic rings. The smallest absolute Gasteiger partial charge is 0.377 e. The predicted octanol–water partition coefficient (Wildman–Crippen LogP) is 0.204. The van der Waals surface area contributed by atoms with Crippen molar-refractivity contribution in [2.45, 2.75) is 13.0 Å². The molecule has 0 amide bonds. The molecule has 0 radical (unpaired) electrons. The van der Waals surface area contributed by atoms with E-state index >= 15 is 0 Å². The van der Waals surface area contributed by atoms with Crippen LogP contribution in [0.25, 0.3) is 0 Å². The summed E-state index contributed by atoms with van der Waals surface area (Å²) in [6.45, 7) is 1.55. The van der Waals surface area contributed by atoms with E-state index in [2.05, 4.69) is 0 Å². The van der Waals surface area contributed by atoms with Crippen molar-refractivity contribution in [3.8, 4) is 0 Å². The second-order valence-corrected chi connectivity index (χ2v) is 4.90. The van der Waals surface area contributed by atoms with Crippen molar-refractivity contribution in [3.63, 3.8) is 0 Å². The molecule has 0 atom stereocenters. The van der Waals surface area contributed by atoms with Crippen LogP contribution in [0.5, 0.6) is 0 Å². The minimum Gasteiger partial charge on any atom is -0.377 e. The highest BCUT2D eigenvalue weighted by Crippen LogP contribution is 2.11. The number of rotatable bonds is 5. The highest BCUT2D eigenvalue weighted by atomic mass is 28.4. The summed E-state index contributed by atoms with van der Waals surface area (Å²) in [5, 5.41) is 8.45. The van der Waals surface area contributed by atoms with Gasteiger partial charge in [0.05, 0.1) is 0 Å². The Hall–Kier alpha value is 0.0569. The van der Waals surface area contributed by atoms with E-state index in [0.29, 0.717) is 6.04 Å². The lowest BCUT2D eigenvalue weighted by molar-refractivity contribution is 0.0157. The monoisotopic (exact) mass is 166 g/mol. The number of aliphatic hydroxyl groups is 1. The van der Waals surface area contributed by atoms with Crippen LogP contribution in [0.1, 0.15) is 6.92 Å². The number of aliphatic hydroxyl groups excluding tert-OH is 1.